The van der Waals surface area contributed by atoms with Gasteiger partial charge in [-0.2, -0.15) is 9.97 Å². The molecule has 0 aliphatic carbocycles. The van der Waals surface area contributed by atoms with Crippen molar-refractivity contribution in [2.75, 3.05) is 88.3 Å². The quantitative estimate of drug-likeness (QED) is 0.0748. The second-order valence-corrected chi connectivity index (χ2v) is 21.9. The third kappa shape index (κ3) is 12.1. The van der Waals surface area contributed by atoms with Gasteiger partial charge in [0.25, 0.3) is 0 Å². The number of methoxy groups -OCH3 is 1. The normalized spacial score (nSPS) is 21.6. The van der Waals surface area contributed by atoms with Gasteiger partial charge in [-0.25, -0.2) is 13.6 Å². The van der Waals surface area contributed by atoms with Crippen LogP contribution in [0.2, 0.25) is 0 Å². The zero-order chi connectivity index (χ0) is 55.3. The number of piperidine rings is 1. The maximum Gasteiger partial charge on any atom is 0.409 e. The van der Waals surface area contributed by atoms with Crippen LogP contribution < -0.4 is 30.1 Å². The largest absolute Gasteiger partial charge is 0.467 e. The van der Waals surface area contributed by atoms with E-state index in [0.29, 0.717) is 84.2 Å². The van der Waals surface area contributed by atoms with E-state index in [1.165, 1.54) is 32.4 Å². The van der Waals surface area contributed by atoms with Crippen molar-refractivity contribution in [2.45, 2.75) is 120 Å². The lowest BCUT2D eigenvalue weighted by Gasteiger charge is -2.41. The number of hydrogen-bond acceptors (Lipinski definition) is 15. The number of fused-ring (bicyclic) bond motifs is 5. The summed E-state index contributed by atoms with van der Waals surface area (Å²) < 4.78 is 47.9. The first kappa shape index (κ1) is 55.3. The van der Waals surface area contributed by atoms with Gasteiger partial charge in [0.1, 0.15) is 29.5 Å². The molecule has 79 heavy (non-hydrogen) atoms. The van der Waals surface area contributed by atoms with Crippen LogP contribution in [0.3, 0.4) is 0 Å². The van der Waals surface area contributed by atoms with E-state index in [0.717, 1.165) is 94.7 Å². The van der Waals surface area contributed by atoms with Crippen LogP contribution in [-0.2, 0) is 30.4 Å². The smallest absolute Gasteiger partial charge is 0.409 e. The number of carbonyl (C=O) groups excluding carboxylic acids is 4. The first-order valence-corrected chi connectivity index (χ1v) is 27.7. The lowest BCUT2D eigenvalue weighted by Crippen LogP contribution is -2.56. The van der Waals surface area contributed by atoms with Gasteiger partial charge in [-0.1, -0.05) is 36.3 Å². The minimum absolute atomic E-state index is 0.0225. The number of benzene rings is 3. The summed E-state index contributed by atoms with van der Waals surface area (Å²) in [5, 5.41) is 7.41. The average Bonchev–Trinajstić information content (AvgIpc) is 4.24. The number of carbonyl (C=O) groups is 4. The molecule has 18 nitrogen and oxygen atoms in total. The molecule has 5 unspecified atom stereocenters. The number of nitrogens with one attached hydrogen (secondary N) is 2. The highest BCUT2D eigenvalue weighted by molar-refractivity contribution is 6.02. The minimum Gasteiger partial charge on any atom is -0.467 e. The Morgan fingerprint density at radius 1 is 0.937 bits per heavy atom. The van der Waals surface area contributed by atoms with Gasteiger partial charge in [0, 0.05) is 101 Å². The van der Waals surface area contributed by atoms with E-state index >= 15 is 4.39 Å². The third-order valence-electron chi connectivity index (χ3n) is 16.9. The number of amides is 4. The number of pyridine rings is 1. The number of piperazine rings is 1. The Kier molecular flexibility index (Phi) is 17.2. The lowest BCUT2D eigenvalue weighted by atomic mass is 9.96. The first-order chi connectivity index (χ1) is 38.3. The first-order valence-electron chi connectivity index (χ1n) is 27.7. The molecule has 6 saturated heterocycles. The van der Waals surface area contributed by atoms with Crippen LogP contribution in [-0.4, -0.2) is 171 Å². The highest BCUT2D eigenvalue weighted by Crippen LogP contribution is 2.39. The molecule has 0 spiro atoms. The fourth-order valence-corrected chi connectivity index (χ4v) is 12.5. The number of rotatable bonds is 17. The summed E-state index contributed by atoms with van der Waals surface area (Å²) in [7, 11) is 5.15. The summed E-state index contributed by atoms with van der Waals surface area (Å²) in [6, 6.07) is 16.3. The molecule has 6 aliphatic rings. The molecule has 418 valence electrons. The van der Waals surface area contributed by atoms with E-state index < -0.39 is 11.6 Å². The van der Waals surface area contributed by atoms with E-state index in [4.69, 9.17) is 20.6 Å². The minimum atomic E-state index is -0.628. The highest BCUT2D eigenvalue weighted by atomic mass is 19.1. The Morgan fingerprint density at radius 3 is 2.46 bits per heavy atom. The zero-order valence-corrected chi connectivity index (χ0v) is 45.5. The molecule has 8 heterocycles. The van der Waals surface area contributed by atoms with Gasteiger partial charge in [0.05, 0.1) is 54.7 Å². The van der Waals surface area contributed by atoms with Gasteiger partial charge in [-0.05, 0) is 100 Å². The number of likely N-dealkylation sites (tertiary alicyclic amines) is 2. The van der Waals surface area contributed by atoms with Crippen LogP contribution in [0.5, 0.6) is 6.01 Å². The number of ether oxygens (including phenoxy) is 3. The molecular weight excluding hydrogens is 1010 g/mol. The maximum atomic E-state index is 16.1. The molecule has 0 saturated carbocycles. The van der Waals surface area contributed by atoms with E-state index in [-0.39, 0.29) is 59.5 Å². The van der Waals surface area contributed by atoms with Crippen LogP contribution in [0.1, 0.15) is 82.3 Å². The van der Waals surface area contributed by atoms with Crippen molar-refractivity contribution in [3.63, 3.8) is 0 Å². The number of anilines is 3. The number of imide groups is 1. The molecule has 11 rings (SSSR count). The molecule has 5 aromatic rings. The van der Waals surface area contributed by atoms with Crippen LogP contribution in [0.4, 0.5) is 30.8 Å². The zero-order valence-electron chi connectivity index (χ0n) is 45.5. The molecule has 0 radical (unpaired) electrons. The van der Waals surface area contributed by atoms with Gasteiger partial charge in [-0.3, -0.25) is 34.5 Å². The number of terminal acetylenes is 1. The van der Waals surface area contributed by atoms with Crippen molar-refractivity contribution in [1.82, 2.24) is 40.3 Å². The average molecular weight is 1080 g/mol. The number of nitrogens with zero attached hydrogens (tertiary/aromatic N) is 9. The molecule has 2 N–H and O–H groups in total. The summed E-state index contributed by atoms with van der Waals surface area (Å²) in [4.78, 5) is 72.4. The van der Waals surface area contributed by atoms with E-state index in [1.54, 1.807) is 47.3 Å². The van der Waals surface area contributed by atoms with Crippen LogP contribution in [0.15, 0.2) is 54.7 Å². The lowest BCUT2D eigenvalue weighted by molar-refractivity contribution is -0.125. The van der Waals surface area contributed by atoms with Crippen LogP contribution in [0.25, 0.3) is 32.9 Å². The fraction of sp³-hybridized carbons (Fsp3) is 0.508. The molecule has 3 aromatic carbocycles. The molecule has 4 amide bonds. The molecule has 5 atom stereocenters. The Labute approximate surface area is 460 Å². The molecular formula is C59H71F2N11O7. The fourth-order valence-electron chi connectivity index (χ4n) is 12.5. The van der Waals surface area contributed by atoms with Crippen molar-refractivity contribution in [1.29, 1.82) is 0 Å². The van der Waals surface area contributed by atoms with Crippen molar-refractivity contribution in [2.24, 2.45) is 0 Å². The van der Waals surface area contributed by atoms with Crippen molar-refractivity contribution < 1.29 is 42.2 Å². The van der Waals surface area contributed by atoms with Crippen LogP contribution >= 0.6 is 0 Å². The molecule has 20 heteroatoms. The Morgan fingerprint density at radius 2 is 1.72 bits per heavy atom. The number of halogens is 2. The highest BCUT2D eigenvalue weighted by Gasteiger charge is 2.40. The van der Waals surface area contributed by atoms with E-state index in [2.05, 4.69) is 63.2 Å². The molecule has 6 aliphatic heterocycles. The standard InChI is InChI=1S/C33H50N6O6.C26H21F2N5O/c1-24(6-11-32(42)34-22-40)36(3)30-10-7-25(17-31(30)35(2)23-41)18-37-15-12-28(13-16-37)45-29-19-38(20-29)33(43)44-21-27-9-8-26-5-4-14-39(26)27;1-3-17-20(27)10-7-14-5-4-6-18(21(14)17)23-22(28)24-19(11-29-23)25(32-26(31-24)34-2)33-12-15-8-9-16(13-33)30-15/h7,10,17,22-24,26-29H,4-6,8-9,11-16,18-21H2,1-3H3,(H,34,40,42);1,4-7,10-11,15-16,30H,8-9,12-13H2,2H3. The summed E-state index contributed by atoms with van der Waals surface area (Å²) in [5.74, 6) is 1.54. The molecule has 2 bridgehead atoms. The van der Waals surface area contributed by atoms with Gasteiger partial charge in [0.15, 0.2) is 5.82 Å². The summed E-state index contributed by atoms with van der Waals surface area (Å²) in [5.41, 5.74) is 3.47. The summed E-state index contributed by atoms with van der Waals surface area (Å²) >= 11 is 0. The van der Waals surface area contributed by atoms with Crippen molar-refractivity contribution in [3.8, 4) is 29.6 Å². The number of hydrogen-bond donors (Lipinski definition) is 2. The topological polar surface area (TPSA) is 178 Å². The summed E-state index contributed by atoms with van der Waals surface area (Å²) in [6.07, 6.45) is 18.3. The van der Waals surface area contributed by atoms with Crippen molar-refractivity contribution >= 4 is 63.7 Å². The summed E-state index contributed by atoms with van der Waals surface area (Å²) in [6.45, 7) is 9.03. The van der Waals surface area contributed by atoms with Gasteiger partial charge in [0.2, 0.25) is 18.7 Å². The van der Waals surface area contributed by atoms with Crippen molar-refractivity contribution in [3.05, 3.63) is 77.5 Å². The predicted molar refractivity (Wildman–Crippen MR) is 298 cm³/mol. The van der Waals surface area contributed by atoms with Crippen LogP contribution in [0, 0.1) is 24.0 Å². The second-order valence-electron chi connectivity index (χ2n) is 21.9. The Balaban J connectivity index is 0.000000185. The molecule has 2 aromatic heterocycles. The molecule has 6 fully saturated rings. The Hall–Kier alpha value is -7.05. The van der Waals surface area contributed by atoms with Gasteiger partial charge >= 0.3 is 12.1 Å². The SMILES string of the molecule is C#Cc1c(F)ccc2cccc(-c3ncc4c(N5CC6CCC(C5)N6)nc(OC)nc4c3F)c12.CC(CCC(=O)NC=O)N(C)c1ccc(CN2CCC(OC3CN(C(=O)OCC4CCC5CCCN54)C3)CC2)cc1N(C)C=O. The van der Waals surface area contributed by atoms with Gasteiger partial charge < -0.3 is 39.1 Å². The van der Waals surface area contributed by atoms with E-state index in [1.807, 2.05) is 20.0 Å². The Bertz CT molecular complexity index is 3080. The maximum absolute atomic E-state index is 16.1. The third-order valence-corrected chi connectivity index (χ3v) is 16.9. The van der Waals surface area contributed by atoms with E-state index in [9.17, 15) is 23.6 Å². The van der Waals surface area contributed by atoms with Gasteiger partial charge in [-0.15, -0.1) is 6.42 Å². The predicted octanol–water partition coefficient (Wildman–Crippen LogP) is 6.64. The monoisotopic (exact) mass is 1080 g/mol. The number of aromatic nitrogens is 3. The second kappa shape index (κ2) is 24.5.